The van der Waals surface area contributed by atoms with Gasteiger partial charge in [-0.3, -0.25) is 4.98 Å². The van der Waals surface area contributed by atoms with E-state index in [1.807, 2.05) is 19.9 Å². The Morgan fingerprint density at radius 2 is 1.96 bits per heavy atom. The lowest BCUT2D eigenvalue weighted by Crippen LogP contribution is -2.35. The van der Waals surface area contributed by atoms with Gasteiger partial charge in [-0.1, -0.05) is 0 Å². The molecule has 0 saturated heterocycles. The zero-order chi connectivity index (χ0) is 20.0. The summed E-state index contributed by atoms with van der Waals surface area (Å²) in [6, 6.07) is 1.44. The smallest absolute Gasteiger partial charge is 0.222 e. The molecule has 1 fully saturated rings. The molecule has 0 aliphatic heterocycles. The van der Waals surface area contributed by atoms with E-state index in [4.69, 9.17) is 10.7 Å². The number of rotatable bonds is 4. The second-order valence-corrected chi connectivity index (χ2v) is 8.09. The lowest BCUT2D eigenvalue weighted by atomic mass is 10.1. The predicted molar refractivity (Wildman–Crippen MR) is 107 cm³/mol. The summed E-state index contributed by atoms with van der Waals surface area (Å²) in [6.07, 6.45) is 0.131. The van der Waals surface area contributed by atoms with E-state index in [1.165, 1.54) is 11.3 Å². The molecule has 4 atom stereocenters. The molecule has 0 bridgehead atoms. The second-order valence-electron chi connectivity index (χ2n) is 7.06. The number of aliphatic hydroxyl groups excluding tert-OH is 3. The van der Waals surface area contributed by atoms with Crippen LogP contribution in [-0.4, -0.2) is 60.1 Å². The van der Waals surface area contributed by atoms with Crippen molar-refractivity contribution in [1.29, 1.82) is 0 Å². The Morgan fingerprint density at radius 3 is 2.64 bits per heavy atom. The average Bonchev–Trinajstić information content (AvgIpc) is 3.18. The van der Waals surface area contributed by atoms with Gasteiger partial charge in [-0.25, -0.2) is 9.97 Å². The van der Waals surface area contributed by atoms with Crippen molar-refractivity contribution in [3.8, 4) is 10.6 Å². The third kappa shape index (κ3) is 3.18. The van der Waals surface area contributed by atoms with Crippen LogP contribution in [0.4, 0.5) is 11.8 Å². The number of nitrogens with zero attached hydrogens (tertiary/aromatic N) is 4. The summed E-state index contributed by atoms with van der Waals surface area (Å²) in [5.41, 5.74) is 8.87. The molecule has 0 radical (unpaired) electrons. The van der Waals surface area contributed by atoms with E-state index in [1.54, 1.807) is 6.20 Å². The molecule has 3 aromatic heterocycles. The van der Waals surface area contributed by atoms with Gasteiger partial charge in [0.2, 0.25) is 5.95 Å². The molecule has 4 rings (SSSR count). The largest absolute Gasteiger partial charge is 0.396 e. The highest BCUT2D eigenvalue weighted by Gasteiger charge is 2.41. The van der Waals surface area contributed by atoms with E-state index in [9.17, 15) is 15.3 Å². The first-order valence-electron chi connectivity index (χ1n) is 8.99. The fourth-order valence-electron chi connectivity index (χ4n) is 3.67. The highest BCUT2D eigenvalue weighted by atomic mass is 32.1. The van der Waals surface area contributed by atoms with E-state index >= 15 is 0 Å². The van der Waals surface area contributed by atoms with Crippen molar-refractivity contribution < 1.29 is 15.3 Å². The van der Waals surface area contributed by atoms with Crippen LogP contribution in [0.3, 0.4) is 0 Å². The zero-order valence-electron chi connectivity index (χ0n) is 15.5. The minimum absolute atomic E-state index is 0.106. The fourth-order valence-corrected chi connectivity index (χ4v) is 4.78. The predicted octanol–water partition coefficient (Wildman–Crippen LogP) is 0.862. The lowest BCUT2D eigenvalue weighted by molar-refractivity contribution is 0.00446. The van der Waals surface area contributed by atoms with Gasteiger partial charge in [0.05, 0.1) is 33.8 Å². The molecule has 148 valence electrons. The summed E-state index contributed by atoms with van der Waals surface area (Å²) in [5, 5.41) is 33.8. The number of fused-ring (bicyclic) bond motifs is 1. The number of pyridine rings is 1. The van der Waals surface area contributed by atoms with Gasteiger partial charge in [-0.2, -0.15) is 4.98 Å². The number of nitrogens with two attached hydrogens (primary N) is 1. The van der Waals surface area contributed by atoms with Crippen LogP contribution in [0.25, 0.3) is 20.8 Å². The summed E-state index contributed by atoms with van der Waals surface area (Å²) in [6.45, 7) is 3.53. The van der Waals surface area contributed by atoms with E-state index < -0.39 is 24.2 Å². The standard InChI is InChI=1S/C18H22N6O3S/c1-7-12(17-23-13-8(2)20-4-3-11(13)28-17)16(24-18(19)21-7)22-10-5-9(6-25)14(26)15(10)27/h3-4,9-10,14-15,25-27H,5-6H2,1-2H3,(H3,19,21,22,24)/t9-,10-,14-,15+/m1/s1. The molecule has 3 heterocycles. The average molecular weight is 402 g/mol. The van der Waals surface area contributed by atoms with Crippen LogP contribution in [0, 0.1) is 19.8 Å². The Kier molecular flexibility index (Phi) is 4.88. The lowest BCUT2D eigenvalue weighted by Gasteiger charge is -2.20. The normalized spacial score (nSPS) is 24.8. The van der Waals surface area contributed by atoms with Crippen molar-refractivity contribution in [2.75, 3.05) is 17.7 Å². The molecular formula is C18H22N6O3S. The number of hydrogen-bond donors (Lipinski definition) is 5. The van der Waals surface area contributed by atoms with Crippen LogP contribution in [0.5, 0.6) is 0 Å². The summed E-state index contributed by atoms with van der Waals surface area (Å²) in [7, 11) is 0. The molecule has 0 spiro atoms. The summed E-state index contributed by atoms with van der Waals surface area (Å²) in [4.78, 5) is 17.6. The number of thiazole rings is 1. The number of hydrogen-bond acceptors (Lipinski definition) is 10. The monoisotopic (exact) mass is 402 g/mol. The first-order chi connectivity index (χ1) is 13.4. The SMILES string of the molecule is Cc1nc(N)nc(N[C@@H]2C[C@H](CO)[C@@H](O)[C@H]2O)c1-c1nc2c(C)nccc2s1. The molecule has 0 aromatic carbocycles. The van der Waals surface area contributed by atoms with Gasteiger partial charge < -0.3 is 26.4 Å². The third-order valence-corrected chi connectivity index (χ3v) is 6.21. The van der Waals surface area contributed by atoms with Crippen molar-refractivity contribution in [3.63, 3.8) is 0 Å². The van der Waals surface area contributed by atoms with Gasteiger partial charge in [0, 0.05) is 18.7 Å². The Morgan fingerprint density at radius 1 is 1.18 bits per heavy atom. The maximum absolute atomic E-state index is 10.4. The van der Waals surface area contributed by atoms with E-state index in [0.29, 0.717) is 23.5 Å². The molecule has 1 saturated carbocycles. The Bertz CT molecular complexity index is 1030. The maximum atomic E-state index is 10.4. The first kappa shape index (κ1) is 18.9. The van der Waals surface area contributed by atoms with Crippen molar-refractivity contribution >= 4 is 33.3 Å². The summed E-state index contributed by atoms with van der Waals surface area (Å²) in [5.74, 6) is 0.159. The molecule has 0 unspecified atom stereocenters. The minimum atomic E-state index is -1.02. The molecule has 0 amide bonds. The molecule has 3 aromatic rings. The number of nitrogens with one attached hydrogen (secondary N) is 1. The Balaban J connectivity index is 1.77. The van der Waals surface area contributed by atoms with Crippen LogP contribution >= 0.6 is 11.3 Å². The van der Waals surface area contributed by atoms with Crippen LogP contribution in [0.1, 0.15) is 17.8 Å². The third-order valence-electron chi connectivity index (χ3n) is 5.17. The topological polar surface area (TPSA) is 150 Å². The van der Waals surface area contributed by atoms with Gasteiger partial charge >= 0.3 is 0 Å². The summed E-state index contributed by atoms with van der Waals surface area (Å²) >= 11 is 1.50. The first-order valence-corrected chi connectivity index (χ1v) is 9.80. The quantitative estimate of drug-likeness (QED) is 0.428. The maximum Gasteiger partial charge on any atom is 0.222 e. The second kappa shape index (κ2) is 7.21. The Hall–Kier alpha value is -2.40. The Labute approximate surface area is 165 Å². The van der Waals surface area contributed by atoms with Crippen LogP contribution in [0.15, 0.2) is 12.3 Å². The van der Waals surface area contributed by atoms with Crippen LogP contribution in [0.2, 0.25) is 0 Å². The molecule has 1 aliphatic rings. The summed E-state index contributed by atoms with van der Waals surface area (Å²) < 4.78 is 1.00. The highest BCUT2D eigenvalue weighted by molar-refractivity contribution is 7.21. The van der Waals surface area contributed by atoms with E-state index in [0.717, 1.165) is 20.9 Å². The molecule has 1 aliphatic carbocycles. The van der Waals surface area contributed by atoms with Gasteiger partial charge in [-0.05, 0) is 26.3 Å². The van der Waals surface area contributed by atoms with E-state index in [-0.39, 0.29) is 12.6 Å². The van der Waals surface area contributed by atoms with Gasteiger partial charge in [0.1, 0.15) is 22.4 Å². The minimum Gasteiger partial charge on any atom is -0.396 e. The van der Waals surface area contributed by atoms with Crippen molar-refractivity contribution in [2.45, 2.75) is 38.5 Å². The number of anilines is 2. The van der Waals surface area contributed by atoms with Gasteiger partial charge in [0.25, 0.3) is 0 Å². The van der Waals surface area contributed by atoms with Gasteiger partial charge in [-0.15, -0.1) is 11.3 Å². The zero-order valence-corrected chi connectivity index (χ0v) is 16.3. The van der Waals surface area contributed by atoms with Crippen LogP contribution in [-0.2, 0) is 0 Å². The molecule has 10 heteroatoms. The van der Waals surface area contributed by atoms with E-state index in [2.05, 4.69) is 20.3 Å². The fraction of sp³-hybridized carbons (Fsp3) is 0.444. The molecular weight excluding hydrogens is 380 g/mol. The number of aryl methyl sites for hydroxylation is 2. The van der Waals surface area contributed by atoms with Gasteiger partial charge in [0.15, 0.2) is 0 Å². The number of aromatic nitrogens is 4. The van der Waals surface area contributed by atoms with Crippen LogP contribution < -0.4 is 11.1 Å². The number of aliphatic hydroxyl groups is 3. The van der Waals surface area contributed by atoms with Crippen molar-refractivity contribution in [3.05, 3.63) is 23.7 Å². The molecule has 6 N–H and O–H groups in total. The highest BCUT2D eigenvalue weighted by Crippen LogP contribution is 2.38. The number of nitrogen functional groups attached to an aromatic ring is 1. The van der Waals surface area contributed by atoms with Crippen molar-refractivity contribution in [2.24, 2.45) is 5.92 Å². The molecule has 28 heavy (non-hydrogen) atoms. The van der Waals surface area contributed by atoms with Crippen molar-refractivity contribution in [1.82, 2.24) is 19.9 Å². The molecule has 9 nitrogen and oxygen atoms in total.